The zero-order valence-corrected chi connectivity index (χ0v) is 19.8. The Morgan fingerprint density at radius 1 is 1.30 bits per heavy atom. The Kier molecular flexibility index (Phi) is 5.60. The molecule has 0 aromatic carbocycles. The average molecular weight is 543 g/mol. The summed E-state index contributed by atoms with van der Waals surface area (Å²) in [6.07, 6.45) is 5.16. The van der Waals surface area contributed by atoms with Crippen LogP contribution < -0.4 is 11.1 Å². The highest BCUT2D eigenvalue weighted by atomic mass is 127. The maximum absolute atomic E-state index is 12.8. The molecule has 2 unspecified atom stereocenters. The number of halogens is 1. The van der Waals surface area contributed by atoms with Crippen molar-refractivity contribution in [1.29, 1.82) is 0 Å². The number of pyridine rings is 1. The van der Waals surface area contributed by atoms with Crippen LogP contribution in [-0.2, 0) is 14.4 Å². The lowest BCUT2D eigenvalue weighted by Crippen LogP contribution is -2.58. The highest BCUT2D eigenvalue weighted by Gasteiger charge is 2.48. The lowest BCUT2D eigenvalue weighted by atomic mass is 10.1. The molecule has 0 radical (unpaired) electrons. The minimum Gasteiger partial charge on any atom is -0.383 e. The van der Waals surface area contributed by atoms with E-state index in [0.29, 0.717) is 48.4 Å². The fourth-order valence-electron chi connectivity index (χ4n) is 3.73. The first-order chi connectivity index (χ1) is 14.2. The molecule has 1 saturated carbocycles. The highest BCUT2D eigenvalue weighted by Crippen LogP contribution is 2.47. The number of nitrogens with zero attached hydrogens (tertiary/aromatic N) is 5. The fraction of sp³-hybridized carbons (Fsp3) is 0.500. The van der Waals surface area contributed by atoms with E-state index < -0.39 is 11.8 Å². The highest BCUT2D eigenvalue weighted by molar-refractivity contribution is 14.2. The van der Waals surface area contributed by atoms with Gasteiger partial charge in [-0.2, -0.15) is 5.10 Å². The van der Waals surface area contributed by atoms with Crippen LogP contribution in [0.4, 0.5) is 11.5 Å². The van der Waals surface area contributed by atoms with Gasteiger partial charge in [0, 0.05) is 31.1 Å². The Bertz CT molecular complexity index is 1040. The van der Waals surface area contributed by atoms with Crippen molar-refractivity contribution >= 4 is 68.5 Å². The van der Waals surface area contributed by atoms with Crippen molar-refractivity contribution < 1.29 is 14.4 Å². The molecule has 2 aromatic heterocycles. The molecule has 12 heteroatoms. The molecule has 4 rings (SSSR count). The zero-order chi connectivity index (χ0) is 21.6. The van der Waals surface area contributed by atoms with E-state index in [-0.39, 0.29) is 17.4 Å². The molecule has 1 aliphatic carbocycles. The van der Waals surface area contributed by atoms with Crippen LogP contribution in [0.15, 0.2) is 12.4 Å². The summed E-state index contributed by atoms with van der Waals surface area (Å²) in [5.74, 6) is -0.905. The van der Waals surface area contributed by atoms with Crippen molar-refractivity contribution in [2.45, 2.75) is 32.7 Å². The van der Waals surface area contributed by atoms with Crippen LogP contribution in [0.1, 0.15) is 26.7 Å². The van der Waals surface area contributed by atoms with Gasteiger partial charge in [0.05, 0.1) is 29.8 Å². The number of nitrogen functional groups attached to an aromatic ring is 1. The first kappa shape index (κ1) is 21.2. The van der Waals surface area contributed by atoms with Gasteiger partial charge in [0.15, 0.2) is 0 Å². The lowest BCUT2D eigenvalue weighted by molar-refractivity contribution is -0.149. The molecule has 0 spiro atoms. The van der Waals surface area contributed by atoms with Crippen molar-refractivity contribution in [3.05, 3.63) is 12.4 Å². The van der Waals surface area contributed by atoms with Gasteiger partial charge < -0.3 is 20.9 Å². The fourth-order valence-corrected chi connectivity index (χ4v) is 5.25. The van der Waals surface area contributed by atoms with Gasteiger partial charge in [-0.1, -0.05) is 6.92 Å². The minimum atomic E-state index is -0.742. The number of piperazine rings is 1. The predicted octanol–water partition coefficient (Wildman–Crippen LogP) is 1.60. The van der Waals surface area contributed by atoms with Crippen LogP contribution >= 0.6 is 28.4 Å². The van der Waals surface area contributed by atoms with Gasteiger partial charge in [0.25, 0.3) is 0 Å². The van der Waals surface area contributed by atoms with Gasteiger partial charge in [-0.15, -0.1) is 0 Å². The Hall–Kier alpha value is -2.01. The van der Waals surface area contributed by atoms with E-state index in [4.69, 9.17) is 5.73 Å². The topological polar surface area (TPSA) is 126 Å². The van der Waals surface area contributed by atoms with Crippen molar-refractivity contribution in [3.8, 4) is 0 Å². The third kappa shape index (κ3) is 3.73. The number of carbonyl (C=O) groups is 3. The number of anilines is 2. The molecule has 3 amide bonds. The third-order valence-electron chi connectivity index (χ3n) is 5.85. The predicted molar refractivity (Wildman–Crippen MR) is 123 cm³/mol. The first-order valence-electron chi connectivity index (χ1n) is 9.65. The van der Waals surface area contributed by atoms with Crippen LogP contribution in [0.5, 0.6) is 0 Å². The van der Waals surface area contributed by atoms with Crippen LogP contribution in [0.3, 0.4) is 0 Å². The Morgan fingerprint density at radius 2 is 2.03 bits per heavy atom. The molecule has 2 aromatic rings. The van der Waals surface area contributed by atoms with Crippen molar-refractivity contribution in [2.75, 3.05) is 30.7 Å². The number of nitrogens with one attached hydrogen (secondary N) is 1. The average Bonchev–Trinajstić information content (AvgIpc) is 3.33. The van der Waals surface area contributed by atoms with Crippen molar-refractivity contribution in [3.63, 3.8) is 0 Å². The second-order valence-corrected chi connectivity index (χ2v) is 10.1. The molecular weight excluding hydrogens is 520 g/mol. The zero-order valence-electron chi connectivity index (χ0n) is 16.7. The summed E-state index contributed by atoms with van der Waals surface area (Å²) >= 11 is 2.17. The van der Waals surface area contributed by atoms with Crippen LogP contribution in [0, 0.1) is 5.41 Å². The quantitative estimate of drug-likeness (QED) is 0.344. The number of rotatable bonds is 3. The van der Waals surface area contributed by atoms with Crippen LogP contribution in [-0.4, -0.2) is 67.7 Å². The smallest absolute Gasteiger partial charge is 0.314 e. The number of carbonyl (C=O) groups excluding carboxylic acids is 3. The molecular formula is C18H23IN7O3P. The number of nitrogens with two attached hydrogens (primary N) is 1. The standard InChI is InChI=1S/C18H23IN7O3P/c1-10-9-24(5-6-25(10)17(29)18(2)3-4-18)16(28)15(27)23-12-8-21-14(20)11-7-22-26(30-19)13(11)12/h7-8,10,30H,3-6,9H2,1-2H3,(H2,20,21)(H,23,27). The summed E-state index contributed by atoms with van der Waals surface area (Å²) in [6.45, 7) is 4.99. The van der Waals surface area contributed by atoms with Gasteiger partial charge in [-0.25, -0.2) is 9.44 Å². The van der Waals surface area contributed by atoms with Crippen LogP contribution in [0.25, 0.3) is 10.9 Å². The Morgan fingerprint density at radius 3 is 2.67 bits per heavy atom. The molecule has 30 heavy (non-hydrogen) atoms. The lowest BCUT2D eigenvalue weighted by Gasteiger charge is -2.40. The summed E-state index contributed by atoms with van der Waals surface area (Å²) in [7, 11) is 0. The molecule has 2 atom stereocenters. The van der Waals surface area contributed by atoms with Gasteiger partial charge >= 0.3 is 11.8 Å². The monoisotopic (exact) mass is 543 g/mol. The third-order valence-corrected chi connectivity index (χ3v) is 7.72. The van der Waals surface area contributed by atoms with E-state index >= 15 is 0 Å². The summed E-state index contributed by atoms with van der Waals surface area (Å²) in [6, 6.07) is -0.132. The number of hydrogen-bond donors (Lipinski definition) is 2. The van der Waals surface area contributed by atoms with E-state index in [1.165, 1.54) is 11.1 Å². The largest absolute Gasteiger partial charge is 0.383 e. The summed E-state index contributed by atoms with van der Waals surface area (Å²) in [5, 5.41) is 7.54. The summed E-state index contributed by atoms with van der Waals surface area (Å²) < 4.78 is 1.71. The Labute approximate surface area is 188 Å². The van der Waals surface area contributed by atoms with E-state index in [0.717, 1.165) is 12.8 Å². The normalized spacial score (nSPS) is 20.7. The SMILES string of the molecule is CC1CN(C(=O)C(=O)Nc2cnc(N)c3cnn(PI)c23)CCN1C(=O)C1(C)CC1. The molecule has 1 aliphatic heterocycles. The van der Waals surface area contributed by atoms with E-state index in [1.807, 2.05) is 18.7 Å². The summed E-state index contributed by atoms with van der Waals surface area (Å²) in [4.78, 5) is 45.5. The van der Waals surface area contributed by atoms with Gasteiger partial charge in [-0.3, -0.25) is 14.4 Å². The molecule has 10 nitrogen and oxygen atoms in total. The van der Waals surface area contributed by atoms with E-state index in [1.54, 1.807) is 10.6 Å². The number of amides is 3. The second-order valence-electron chi connectivity index (χ2n) is 8.07. The van der Waals surface area contributed by atoms with E-state index in [2.05, 4.69) is 37.4 Å². The van der Waals surface area contributed by atoms with Crippen LogP contribution in [0.2, 0.25) is 0 Å². The Balaban J connectivity index is 1.46. The maximum atomic E-state index is 12.8. The molecule has 2 fully saturated rings. The molecule has 0 bridgehead atoms. The summed E-state index contributed by atoms with van der Waals surface area (Å²) in [5.41, 5.74) is 6.69. The first-order valence-corrected chi connectivity index (χ1v) is 13.7. The molecule has 3 N–H and O–H groups in total. The molecule has 160 valence electrons. The van der Waals surface area contributed by atoms with Gasteiger partial charge in [-0.05, 0) is 41.8 Å². The van der Waals surface area contributed by atoms with Crippen molar-refractivity contribution in [1.82, 2.24) is 24.3 Å². The maximum Gasteiger partial charge on any atom is 0.314 e. The van der Waals surface area contributed by atoms with Gasteiger partial charge in [0.1, 0.15) is 11.3 Å². The number of hydrogen-bond acceptors (Lipinski definition) is 6. The second kappa shape index (κ2) is 7.92. The molecule has 1 saturated heterocycles. The van der Waals surface area contributed by atoms with E-state index in [9.17, 15) is 14.4 Å². The number of fused-ring (bicyclic) bond motifs is 1. The number of aromatic nitrogens is 3. The minimum absolute atomic E-state index is 0.132. The molecule has 3 heterocycles. The van der Waals surface area contributed by atoms with Crippen molar-refractivity contribution in [2.24, 2.45) is 5.41 Å². The molecule has 2 aliphatic rings. The van der Waals surface area contributed by atoms with Gasteiger partial charge in [0.2, 0.25) is 5.91 Å².